The van der Waals surface area contributed by atoms with Crippen LogP contribution >= 0.6 is 23.5 Å². The van der Waals surface area contributed by atoms with Gasteiger partial charge in [-0.2, -0.15) is 8.61 Å². The minimum absolute atomic E-state index is 0.0168. The predicted octanol–water partition coefficient (Wildman–Crippen LogP) is 3.94. The number of carboxylic acid groups (broad SMARTS) is 2. The van der Waals surface area contributed by atoms with Gasteiger partial charge in [0.15, 0.2) is 11.3 Å². The topological polar surface area (TPSA) is 350 Å². The zero-order chi connectivity index (χ0) is 67.8. The number of pyridine rings is 4. The molecule has 2 saturated heterocycles. The second kappa shape index (κ2) is 29.9. The van der Waals surface area contributed by atoms with E-state index in [9.17, 15) is 55.8 Å². The summed E-state index contributed by atoms with van der Waals surface area (Å²) in [5.41, 5.74) is 3.15. The van der Waals surface area contributed by atoms with Gasteiger partial charge in [-0.1, -0.05) is 24.3 Å². The van der Waals surface area contributed by atoms with Crippen LogP contribution < -0.4 is 22.0 Å². The van der Waals surface area contributed by atoms with E-state index >= 15 is 0 Å². The minimum atomic E-state index is -4.14. The molecule has 2 amide bonds. The Kier molecular flexibility index (Phi) is 21.9. The molecule has 0 radical (unpaired) electrons. The maximum atomic E-state index is 14.0. The fraction of sp³-hybridized carbons (Fsp3) is 0.397. The van der Waals surface area contributed by atoms with Crippen LogP contribution in [-0.4, -0.2) is 195 Å². The normalized spacial score (nSPS) is 17.6. The molecule has 32 heteroatoms. The van der Waals surface area contributed by atoms with Crippen molar-refractivity contribution < 1.29 is 65.2 Å². The molecule has 5 atom stereocenters. The number of nitrogens with one attached hydrogen (secondary N) is 2. The van der Waals surface area contributed by atoms with Gasteiger partial charge in [0.2, 0.25) is 31.9 Å². The average Bonchev–Trinajstić information content (AvgIpc) is 1.67. The number of nitrogens with zero attached hydrogens (tertiary/aromatic N) is 10. The Bertz CT molecular complexity index is 4420. The van der Waals surface area contributed by atoms with Crippen molar-refractivity contribution in [1.82, 2.24) is 57.4 Å². The number of aromatic nitrogens is 8. The van der Waals surface area contributed by atoms with E-state index in [4.69, 9.17) is 18.9 Å². The van der Waals surface area contributed by atoms with Gasteiger partial charge in [0.1, 0.15) is 34.0 Å². The second-order valence-corrected chi connectivity index (χ2v) is 30.5. The number of imidazole rings is 2. The third-order valence-electron chi connectivity index (χ3n) is 16.2. The average molecular weight is 1380 g/mol. The van der Waals surface area contributed by atoms with Crippen LogP contribution in [0.4, 0.5) is 0 Å². The maximum Gasteiger partial charge on any atom is 0.335 e. The standard InChI is InChI=1S/C63H72N12O16S4/c1-41(91-33-32-89-29-27-71-51-13-9-25-67-55(51)75(61(71)83)45-20-16-43(17-21-45)35-49(59(80)81)69-57(77)53-63(4,5)93-40-73(53)95(86,87)47-11-7-23-65-37-47)38-90-31-30-88-28-26-70-50-12-8-24-66-54(50)74(60(70)82)44-18-14-42(15-19-44)34-48(58(78)79)68-56(76)52-62(2,3)92-39-72(52)94(84,85)46-10-6-22-64-36-46/h6-25,36-37,41,48-49,52-53H,26-35,38-40H2,1-5H3,(H,68,76)(H,69,77)(H,78,79)(H,80,81)/t41?,48-,49-,52+,53+/m0/s1. The summed E-state index contributed by atoms with van der Waals surface area (Å²) in [5.74, 6) is -4.16. The molecule has 8 heterocycles. The Morgan fingerprint density at radius 1 is 0.568 bits per heavy atom. The van der Waals surface area contributed by atoms with Crippen molar-refractivity contribution in [2.24, 2.45) is 0 Å². The first kappa shape index (κ1) is 69.6. The Morgan fingerprint density at radius 2 is 0.968 bits per heavy atom. The molecule has 95 heavy (non-hydrogen) atoms. The molecule has 504 valence electrons. The van der Waals surface area contributed by atoms with Gasteiger partial charge in [-0.05, 0) is 119 Å². The van der Waals surface area contributed by atoms with E-state index in [1.165, 1.54) is 81.7 Å². The van der Waals surface area contributed by atoms with Gasteiger partial charge in [0.05, 0.1) is 99.6 Å². The number of fused-ring (bicyclic) bond motifs is 2. The van der Waals surface area contributed by atoms with Crippen molar-refractivity contribution in [2.45, 2.75) is 110 Å². The van der Waals surface area contributed by atoms with Crippen molar-refractivity contribution in [3.8, 4) is 11.4 Å². The highest BCUT2D eigenvalue weighted by molar-refractivity contribution is 8.02. The van der Waals surface area contributed by atoms with E-state index in [0.29, 0.717) is 44.8 Å². The summed E-state index contributed by atoms with van der Waals surface area (Å²) in [6.07, 6.45) is 7.85. The van der Waals surface area contributed by atoms with Crippen molar-refractivity contribution in [1.29, 1.82) is 0 Å². The number of thioether (sulfide) groups is 2. The van der Waals surface area contributed by atoms with Gasteiger partial charge < -0.3 is 39.8 Å². The van der Waals surface area contributed by atoms with Gasteiger partial charge >= 0.3 is 23.3 Å². The number of rotatable bonds is 31. The fourth-order valence-corrected chi connectivity index (χ4v) is 17.6. The van der Waals surface area contributed by atoms with Crippen molar-refractivity contribution in [3.05, 3.63) is 166 Å². The lowest BCUT2D eigenvalue weighted by atomic mass is 10.0. The number of hydrogen-bond donors (Lipinski definition) is 4. The molecule has 0 bridgehead atoms. The quantitative estimate of drug-likeness (QED) is 0.0447. The largest absolute Gasteiger partial charge is 0.480 e. The first-order valence-corrected chi connectivity index (χ1v) is 35.1. The molecule has 1 unspecified atom stereocenters. The Balaban J connectivity index is 0.649. The highest BCUT2D eigenvalue weighted by atomic mass is 32.2. The molecule has 6 aromatic heterocycles. The Morgan fingerprint density at radius 3 is 1.37 bits per heavy atom. The number of carbonyl (C=O) groups excluding carboxylic acids is 2. The summed E-state index contributed by atoms with van der Waals surface area (Å²) in [6.45, 7) is 10.8. The lowest BCUT2D eigenvalue weighted by Crippen LogP contribution is -2.56. The van der Waals surface area contributed by atoms with E-state index < -0.39 is 77.5 Å². The number of carboxylic acids is 2. The Labute approximate surface area is 555 Å². The van der Waals surface area contributed by atoms with Crippen LogP contribution in [0.1, 0.15) is 45.7 Å². The van der Waals surface area contributed by atoms with Crippen molar-refractivity contribution in [2.75, 3.05) is 58.0 Å². The van der Waals surface area contributed by atoms with Gasteiger partial charge in [-0.3, -0.25) is 28.7 Å². The molecule has 0 spiro atoms. The molecule has 4 N–H and O–H groups in total. The minimum Gasteiger partial charge on any atom is -0.480 e. The number of sulfonamides is 2. The van der Waals surface area contributed by atoms with E-state index in [0.717, 1.165) is 8.61 Å². The molecule has 28 nitrogen and oxygen atoms in total. The summed E-state index contributed by atoms with van der Waals surface area (Å²) in [6, 6.07) is 20.7. The van der Waals surface area contributed by atoms with Gasteiger partial charge in [0, 0.05) is 59.5 Å². The van der Waals surface area contributed by atoms with E-state index in [1.807, 2.05) is 6.92 Å². The SMILES string of the molecule is CC(COCCOCCn1c(=O)n(-c2ccc(C[C@H](NC(=O)[C@H]3N(S(=O)(=O)c4cccnc4)CSC3(C)C)C(=O)O)cc2)c2ncccc21)OCCOCCn1c(=O)n(-c2ccc(C[C@H](NC(=O)[C@H]3N(S(=O)(=O)c4cccnc4)CSC3(C)C)C(=O)O)cc2)c2ncccc21. The summed E-state index contributed by atoms with van der Waals surface area (Å²) in [5, 5.41) is 25.6. The Hall–Kier alpha value is -8.18. The summed E-state index contributed by atoms with van der Waals surface area (Å²) < 4.78 is 84.2. The molecule has 0 aliphatic carbocycles. The highest BCUT2D eigenvalue weighted by Crippen LogP contribution is 2.43. The second-order valence-electron chi connectivity index (χ2n) is 23.5. The molecule has 0 saturated carbocycles. The number of amides is 2. The van der Waals surface area contributed by atoms with Crippen molar-refractivity contribution >= 4 is 89.7 Å². The van der Waals surface area contributed by atoms with Gasteiger partial charge in [-0.25, -0.2) is 55.1 Å². The van der Waals surface area contributed by atoms with E-state index in [1.54, 1.807) is 122 Å². The van der Waals surface area contributed by atoms with Crippen LogP contribution in [0.15, 0.2) is 154 Å². The number of aliphatic carboxylic acids is 2. The lowest BCUT2D eigenvalue weighted by Gasteiger charge is -2.30. The molecule has 10 rings (SSSR count). The molecule has 2 aromatic carbocycles. The maximum absolute atomic E-state index is 14.0. The molecule has 8 aromatic rings. The smallest absolute Gasteiger partial charge is 0.335 e. The monoisotopic (exact) mass is 1380 g/mol. The molecular weight excluding hydrogens is 1310 g/mol. The zero-order valence-corrected chi connectivity index (χ0v) is 55.8. The first-order valence-electron chi connectivity index (χ1n) is 30.2. The van der Waals surface area contributed by atoms with Crippen molar-refractivity contribution in [3.63, 3.8) is 0 Å². The number of hydrogen-bond acceptors (Lipinski definition) is 20. The molecular formula is C63H72N12O16S4. The van der Waals surface area contributed by atoms with Crippen LogP contribution in [0.3, 0.4) is 0 Å². The summed E-state index contributed by atoms with van der Waals surface area (Å²) in [4.78, 5) is 97.4. The van der Waals surface area contributed by atoms with Crippen LogP contribution in [0.25, 0.3) is 33.7 Å². The van der Waals surface area contributed by atoms with Crippen LogP contribution in [0, 0.1) is 0 Å². The van der Waals surface area contributed by atoms with Gasteiger partial charge in [-0.15, -0.1) is 23.5 Å². The summed E-state index contributed by atoms with van der Waals surface area (Å²) in [7, 11) is -8.29. The predicted molar refractivity (Wildman–Crippen MR) is 352 cm³/mol. The van der Waals surface area contributed by atoms with Crippen LogP contribution in [-0.2, 0) is 84.1 Å². The molecule has 2 aliphatic rings. The van der Waals surface area contributed by atoms with E-state index in [2.05, 4.69) is 30.6 Å². The zero-order valence-electron chi connectivity index (χ0n) is 52.5. The van der Waals surface area contributed by atoms with Crippen LogP contribution in [0.5, 0.6) is 0 Å². The van der Waals surface area contributed by atoms with E-state index in [-0.39, 0.29) is 111 Å². The number of carbonyl (C=O) groups is 4. The number of benzene rings is 2. The van der Waals surface area contributed by atoms with Crippen LogP contribution in [0.2, 0.25) is 0 Å². The fourth-order valence-electron chi connectivity index (χ4n) is 11.3. The third-order valence-corrected chi connectivity index (χ3v) is 22.8. The lowest BCUT2D eigenvalue weighted by molar-refractivity contribution is -0.142. The first-order chi connectivity index (χ1) is 45.4. The third kappa shape index (κ3) is 15.6. The summed E-state index contributed by atoms with van der Waals surface area (Å²) >= 11 is 2.53. The molecule has 2 aliphatic heterocycles. The molecule has 2 fully saturated rings. The van der Waals surface area contributed by atoms with Gasteiger partial charge in [0.25, 0.3) is 0 Å². The highest BCUT2D eigenvalue weighted by Gasteiger charge is 2.53. The number of ether oxygens (including phenoxy) is 4.